The summed E-state index contributed by atoms with van der Waals surface area (Å²) in [6, 6.07) is 5.66. The van der Waals surface area contributed by atoms with E-state index in [1.165, 1.54) is 18.3 Å². The maximum absolute atomic E-state index is 10.9. The van der Waals surface area contributed by atoms with Gasteiger partial charge in [-0.15, -0.1) is 11.3 Å². The molecule has 1 heterocycles. The number of nitrogens with zero attached hydrogens (tertiary/aromatic N) is 1. The van der Waals surface area contributed by atoms with Crippen LogP contribution in [0.1, 0.15) is 18.2 Å². The number of aryl methyl sites for hydroxylation is 2. The third-order valence-corrected chi connectivity index (χ3v) is 3.46. The van der Waals surface area contributed by atoms with Gasteiger partial charge in [0.05, 0.1) is 17.1 Å². The van der Waals surface area contributed by atoms with Crippen LogP contribution in [0.25, 0.3) is 0 Å². The molecule has 100 valence electrons. The zero-order valence-electron chi connectivity index (χ0n) is 10.6. The van der Waals surface area contributed by atoms with Gasteiger partial charge in [0.2, 0.25) is 5.91 Å². The molecule has 0 spiro atoms. The number of carbonyl (C=O) groups excluding carboxylic acids is 1. The summed E-state index contributed by atoms with van der Waals surface area (Å²) in [6.45, 7) is 1.47. The standard InChI is InChI=1S/C13H16N4OS/c1-8(18)16-13-17-10(7-19-13)4-2-9-3-5-11(14)12(15)6-9/h3,5-7H,2,4,14-15H2,1H3,(H,16,17,18). The Bertz CT molecular complexity index is 594. The number of rotatable bonds is 4. The summed E-state index contributed by atoms with van der Waals surface area (Å²) in [5, 5.41) is 5.26. The maximum Gasteiger partial charge on any atom is 0.223 e. The molecule has 1 amide bonds. The normalized spacial score (nSPS) is 10.4. The van der Waals surface area contributed by atoms with E-state index in [0.717, 1.165) is 24.1 Å². The smallest absolute Gasteiger partial charge is 0.223 e. The first kappa shape index (κ1) is 13.4. The molecular formula is C13H16N4OS. The van der Waals surface area contributed by atoms with Gasteiger partial charge in [0, 0.05) is 12.3 Å². The van der Waals surface area contributed by atoms with Crippen LogP contribution in [0.2, 0.25) is 0 Å². The highest BCUT2D eigenvalue weighted by Crippen LogP contribution is 2.19. The van der Waals surface area contributed by atoms with Gasteiger partial charge in [-0.2, -0.15) is 0 Å². The minimum Gasteiger partial charge on any atom is -0.397 e. The minimum absolute atomic E-state index is 0.104. The van der Waals surface area contributed by atoms with E-state index in [-0.39, 0.29) is 5.91 Å². The molecule has 0 aliphatic carbocycles. The summed E-state index contributed by atoms with van der Waals surface area (Å²) >= 11 is 1.43. The molecular weight excluding hydrogens is 260 g/mol. The highest BCUT2D eigenvalue weighted by molar-refractivity contribution is 7.13. The Kier molecular flexibility index (Phi) is 4.01. The Balaban J connectivity index is 1.96. The van der Waals surface area contributed by atoms with Crippen molar-refractivity contribution in [1.82, 2.24) is 4.98 Å². The summed E-state index contributed by atoms with van der Waals surface area (Å²) in [5.41, 5.74) is 14.7. The lowest BCUT2D eigenvalue weighted by molar-refractivity contribution is -0.114. The van der Waals surface area contributed by atoms with Crippen molar-refractivity contribution >= 4 is 33.8 Å². The molecule has 0 saturated heterocycles. The highest BCUT2D eigenvalue weighted by Gasteiger charge is 2.04. The molecule has 6 heteroatoms. The number of anilines is 3. The number of aromatic nitrogens is 1. The van der Waals surface area contributed by atoms with Crippen LogP contribution >= 0.6 is 11.3 Å². The molecule has 5 nitrogen and oxygen atoms in total. The molecule has 0 saturated carbocycles. The topological polar surface area (TPSA) is 94.0 Å². The van der Waals surface area contributed by atoms with Crippen molar-refractivity contribution in [3.63, 3.8) is 0 Å². The van der Waals surface area contributed by atoms with E-state index >= 15 is 0 Å². The summed E-state index contributed by atoms with van der Waals surface area (Å²) in [7, 11) is 0. The van der Waals surface area contributed by atoms with Gasteiger partial charge in [-0.3, -0.25) is 4.79 Å². The first-order valence-electron chi connectivity index (χ1n) is 5.90. The lowest BCUT2D eigenvalue weighted by atomic mass is 10.1. The molecule has 5 N–H and O–H groups in total. The zero-order chi connectivity index (χ0) is 13.8. The lowest BCUT2D eigenvalue weighted by Crippen LogP contribution is -2.05. The Hall–Kier alpha value is -2.08. The first-order chi connectivity index (χ1) is 9.04. The van der Waals surface area contributed by atoms with Crippen molar-refractivity contribution in [2.24, 2.45) is 0 Å². The molecule has 0 fully saturated rings. The largest absolute Gasteiger partial charge is 0.397 e. The van der Waals surface area contributed by atoms with Gasteiger partial charge < -0.3 is 16.8 Å². The van der Waals surface area contributed by atoms with Gasteiger partial charge in [0.25, 0.3) is 0 Å². The fraction of sp³-hybridized carbons (Fsp3) is 0.231. The van der Waals surface area contributed by atoms with Crippen molar-refractivity contribution in [3.8, 4) is 0 Å². The number of nitrogens with two attached hydrogens (primary N) is 2. The van der Waals surface area contributed by atoms with Crippen molar-refractivity contribution in [3.05, 3.63) is 34.8 Å². The number of amides is 1. The molecule has 0 unspecified atom stereocenters. The van der Waals surface area contributed by atoms with Crippen LogP contribution in [-0.4, -0.2) is 10.9 Å². The van der Waals surface area contributed by atoms with Crippen LogP contribution in [0, 0.1) is 0 Å². The van der Waals surface area contributed by atoms with Crippen LogP contribution in [0.4, 0.5) is 16.5 Å². The summed E-state index contributed by atoms with van der Waals surface area (Å²) < 4.78 is 0. The van der Waals surface area contributed by atoms with Gasteiger partial charge in [-0.05, 0) is 30.5 Å². The van der Waals surface area contributed by atoms with E-state index in [9.17, 15) is 4.79 Å². The number of carbonyl (C=O) groups is 1. The molecule has 1 aromatic carbocycles. The Morgan fingerprint density at radius 3 is 2.79 bits per heavy atom. The monoisotopic (exact) mass is 276 g/mol. The maximum atomic E-state index is 10.9. The van der Waals surface area contributed by atoms with Crippen LogP contribution in [0.3, 0.4) is 0 Å². The molecule has 19 heavy (non-hydrogen) atoms. The lowest BCUT2D eigenvalue weighted by Gasteiger charge is -2.03. The van der Waals surface area contributed by atoms with Crippen molar-refractivity contribution in [2.45, 2.75) is 19.8 Å². The number of thiazole rings is 1. The van der Waals surface area contributed by atoms with E-state index in [0.29, 0.717) is 16.5 Å². The fourth-order valence-electron chi connectivity index (χ4n) is 1.68. The van der Waals surface area contributed by atoms with Crippen molar-refractivity contribution < 1.29 is 4.79 Å². The Morgan fingerprint density at radius 2 is 2.11 bits per heavy atom. The van der Waals surface area contributed by atoms with Gasteiger partial charge in [0.1, 0.15) is 0 Å². The van der Waals surface area contributed by atoms with Crippen LogP contribution in [-0.2, 0) is 17.6 Å². The summed E-state index contributed by atoms with van der Waals surface area (Å²) in [6.07, 6.45) is 1.65. The van der Waals surface area contributed by atoms with Gasteiger partial charge in [0.15, 0.2) is 5.13 Å². The van der Waals surface area contributed by atoms with Gasteiger partial charge in [-0.1, -0.05) is 6.07 Å². The van der Waals surface area contributed by atoms with Crippen LogP contribution in [0.15, 0.2) is 23.6 Å². The Labute approximate surface area is 115 Å². The van der Waals surface area contributed by atoms with Gasteiger partial charge >= 0.3 is 0 Å². The third-order valence-electron chi connectivity index (χ3n) is 2.66. The second kappa shape index (κ2) is 5.71. The van der Waals surface area contributed by atoms with Crippen molar-refractivity contribution in [1.29, 1.82) is 0 Å². The molecule has 1 aromatic heterocycles. The highest BCUT2D eigenvalue weighted by atomic mass is 32.1. The number of nitrogen functional groups attached to an aromatic ring is 2. The number of benzene rings is 1. The second-order valence-corrected chi connectivity index (χ2v) is 5.15. The molecule has 0 radical (unpaired) electrons. The quantitative estimate of drug-likeness (QED) is 0.745. The minimum atomic E-state index is -0.104. The number of hydrogen-bond donors (Lipinski definition) is 3. The fourth-order valence-corrected chi connectivity index (χ4v) is 2.47. The molecule has 0 atom stereocenters. The van der Waals surface area contributed by atoms with E-state index in [1.807, 2.05) is 23.6 Å². The molecule has 0 aliphatic heterocycles. The van der Waals surface area contributed by atoms with E-state index in [2.05, 4.69) is 10.3 Å². The van der Waals surface area contributed by atoms with E-state index in [1.54, 1.807) is 0 Å². The average Bonchev–Trinajstić information content (AvgIpc) is 2.77. The third kappa shape index (κ3) is 3.69. The second-order valence-electron chi connectivity index (χ2n) is 4.29. The number of nitrogens with one attached hydrogen (secondary N) is 1. The first-order valence-corrected chi connectivity index (χ1v) is 6.78. The van der Waals surface area contributed by atoms with Crippen molar-refractivity contribution in [2.75, 3.05) is 16.8 Å². The molecule has 2 aromatic rings. The molecule has 2 rings (SSSR count). The summed E-state index contributed by atoms with van der Waals surface area (Å²) in [4.78, 5) is 15.2. The van der Waals surface area contributed by atoms with E-state index < -0.39 is 0 Å². The van der Waals surface area contributed by atoms with Crippen LogP contribution < -0.4 is 16.8 Å². The van der Waals surface area contributed by atoms with E-state index in [4.69, 9.17) is 11.5 Å². The predicted octanol–water partition coefficient (Wildman–Crippen LogP) is 2.05. The number of hydrogen-bond acceptors (Lipinski definition) is 5. The van der Waals surface area contributed by atoms with Crippen LogP contribution in [0.5, 0.6) is 0 Å². The average molecular weight is 276 g/mol. The predicted molar refractivity (Wildman–Crippen MR) is 79.1 cm³/mol. The SMILES string of the molecule is CC(=O)Nc1nc(CCc2ccc(N)c(N)c2)cs1. The summed E-state index contributed by atoms with van der Waals surface area (Å²) in [5.74, 6) is -0.104. The van der Waals surface area contributed by atoms with Gasteiger partial charge in [-0.25, -0.2) is 4.98 Å². The molecule has 0 bridgehead atoms. The Morgan fingerprint density at radius 1 is 1.32 bits per heavy atom. The molecule has 0 aliphatic rings. The zero-order valence-corrected chi connectivity index (χ0v) is 11.5.